The highest BCUT2D eigenvalue weighted by atomic mass is 16.5. The molecule has 0 unspecified atom stereocenters. The van der Waals surface area contributed by atoms with E-state index < -0.39 is 0 Å². The third-order valence-corrected chi connectivity index (χ3v) is 2.08. The zero-order valence-corrected chi connectivity index (χ0v) is 16.0. The Morgan fingerprint density at radius 1 is 0.958 bits per heavy atom. The van der Waals surface area contributed by atoms with Gasteiger partial charge in [-0.1, -0.05) is 13.2 Å². The summed E-state index contributed by atoms with van der Waals surface area (Å²) in [5.74, 6) is -0.211. The molecule has 24 heavy (non-hydrogen) atoms. The number of hydrogen-bond acceptors (Lipinski definition) is 7. The molecule has 0 atom stereocenters. The topological polar surface area (TPSA) is 108 Å². The summed E-state index contributed by atoms with van der Waals surface area (Å²) >= 11 is 0. The fourth-order valence-electron chi connectivity index (χ4n) is 0.883. The van der Waals surface area contributed by atoms with Crippen LogP contribution in [-0.4, -0.2) is 65.1 Å². The van der Waals surface area contributed by atoms with Crippen molar-refractivity contribution in [2.75, 3.05) is 48.2 Å². The molecule has 0 rings (SSSR count). The molecule has 0 aliphatic carbocycles. The van der Waals surface area contributed by atoms with E-state index in [1.54, 1.807) is 28.1 Å². The third-order valence-electron chi connectivity index (χ3n) is 2.08. The van der Waals surface area contributed by atoms with Crippen molar-refractivity contribution in [2.24, 2.45) is 5.73 Å². The standard InChI is InChI=1S/C8H14O2.C5H8O2.C3H9NO.CH4O/c1-7(2)8(9)5-4-6-10-3;1-4(2)5(6)7-3;1-5-3-2-4;1-2/h1,4-6H2,2-3H3;1H2,2-3H3;2-4H2,1H3;2H,1H3. The first kappa shape index (κ1) is 30.4. The summed E-state index contributed by atoms with van der Waals surface area (Å²) < 4.78 is 13.6. The Morgan fingerprint density at radius 3 is 1.58 bits per heavy atom. The number of carbonyl (C=O) groups is 2. The fraction of sp³-hybridized carbons (Fsp3) is 0.647. The molecule has 0 amide bonds. The lowest BCUT2D eigenvalue weighted by Gasteiger charge is -1.97. The van der Waals surface area contributed by atoms with E-state index in [0.29, 0.717) is 37.3 Å². The molecule has 0 saturated carbocycles. The maximum Gasteiger partial charge on any atom is 0.332 e. The lowest BCUT2D eigenvalue weighted by atomic mass is 10.1. The van der Waals surface area contributed by atoms with Gasteiger partial charge in [-0.15, -0.1) is 0 Å². The minimum absolute atomic E-state index is 0.136. The van der Waals surface area contributed by atoms with Crippen LogP contribution in [0.25, 0.3) is 0 Å². The zero-order chi connectivity index (χ0) is 20.0. The predicted molar refractivity (Wildman–Crippen MR) is 96.8 cm³/mol. The van der Waals surface area contributed by atoms with E-state index in [4.69, 9.17) is 15.6 Å². The average molecular weight is 349 g/mol. The second-order valence-corrected chi connectivity index (χ2v) is 4.35. The predicted octanol–water partition coefficient (Wildman–Crippen LogP) is 1.49. The van der Waals surface area contributed by atoms with Crippen LogP contribution in [0.5, 0.6) is 0 Å². The maximum absolute atomic E-state index is 10.9. The highest BCUT2D eigenvalue weighted by Crippen LogP contribution is 1.98. The fourth-order valence-corrected chi connectivity index (χ4v) is 0.883. The van der Waals surface area contributed by atoms with Crippen LogP contribution in [0.4, 0.5) is 0 Å². The highest BCUT2D eigenvalue weighted by Gasteiger charge is 2.00. The molecule has 144 valence electrons. The number of hydrogen-bond donors (Lipinski definition) is 2. The Balaban J connectivity index is -0.000000125. The number of aliphatic hydroxyl groups is 1. The van der Waals surface area contributed by atoms with Crippen molar-refractivity contribution in [1.29, 1.82) is 0 Å². The molecule has 0 saturated heterocycles. The Bertz CT molecular complexity index is 327. The van der Waals surface area contributed by atoms with Crippen molar-refractivity contribution >= 4 is 11.8 Å². The van der Waals surface area contributed by atoms with Gasteiger partial charge >= 0.3 is 5.97 Å². The third kappa shape index (κ3) is 32.4. The van der Waals surface area contributed by atoms with Gasteiger partial charge in [0.25, 0.3) is 0 Å². The lowest BCUT2D eigenvalue weighted by molar-refractivity contribution is -0.136. The monoisotopic (exact) mass is 349 g/mol. The highest BCUT2D eigenvalue weighted by molar-refractivity contribution is 5.94. The normalized spacial score (nSPS) is 8.17. The molecule has 0 spiro atoms. The number of nitrogens with two attached hydrogens (primary N) is 1. The van der Waals surface area contributed by atoms with Gasteiger partial charge < -0.3 is 25.1 Å². The molecule has 3 N–H and O–H groups in total. The number of ketones is 1. The van der Waals surface area contributed by atoms with Gasteiger partial charge in [0.2, 0.25) is 0 Å². The van der Waals surface area contributed by atoms with E-state index in [-0.39, 0.29) is 11.8 Å². The summed E-state index contributed by atoms with van der Waals surface area (Å²) in [6.45, 7) is 12.2. The molecule has 7 heteroatoms. The van der Waals surface area contributed by atoms with E-state index in [1.165, 1.54) is 7.11 Å². The van der Waals surface area contributed by atoms with Crippen molar-refractivity contribution in [3.05, 3.63) is 24.3 Å². The number of rotatable bonds is 8. The molecule has 0 fully saturated rings. The number of Topliss-reactive ketones (excluding diaryl/α,β-unsaturated/α-hetero) is 1. The van der Waals surface area contributed by atoms with Crippen LogP contribution in [0.1, 0.15) is 26.7 Å². The average Bonchev–Trinajstić information content (AvgIpc) is 2.57. The van der Waals surface area contributed by atoms with E-state index in [9.17, 15) is 9.59 Å². The van der Waals surface area contributed by atoms with Crippen molar-refractivity contribution in [1.82, 2.24) is 0 Å². The van der Waals surface area contributed by atoms with E-state index in [2.05, 4.69) is 22.6 Å². The Kier molecular flexibility index (Phi) is 33.3. The van der Waals surface area contributed by atoms with E-state index in [0.717, 1.165) is 13.5 Å². The molecule has 0 aromatic heterocycles. The Labute approximate surface area is 146 Å². The molecule has 0 heterocycles. The molecule has 0 radical (unpaired) electrons. The summed E-state index contributed by atoms with van der Waals surface area (Å²) in [6, 6.07) is 0. The van der Waals surface area contributed by atoms with Crippen LogP contribution < -0.4 is 5.73 Å². The number of methoxy groups -OCH3 is 3. The summed E-state index contributed by atoms with van der Waals surface area (Å²) in [6.07, 6.45) is 1.35. The van der Waals surface area contributed by atoms with E-state index in [1.807, 2.05) is 0 Å². The number of allylic oxidation sites excluding steroid dienone is 1. The molecule has 7 nitrogen and oxygen atoms in total. The first-order valence-electron chi connectivity index (χ1n) is 7.33. The minimum Gasteiger partial charge on any atom is -0.466 e. The van der Waals surface area contributed by atoms with Gasteiger partial charge in [-0.2, -0.15) is 0 Å². The van der Waals surface area contributed by atoms with Crippen molar-refractivity contribution in [3.63, 3.8) is 0 Å². The maximum atomic E-state index is 10.9. The van der Waals surface area contributed by atoms with Crippen LogP contribution in [0.3, 0.4) is 0 Å². The minimum atomic E-state index is -0.347. The molecule has 0 aliphatic heterocycles. The van der Waals surface area contributed by atoms with Crippen LogP contribution in [-0.2, 0) is 23.8 Å². The molecule has 0 aromatic carbocycles. The molecular weight excluding hydrogens is 314 g/mol. The van der Waals surface area contributed by atoms with Crippen molar-refractivity contribution < 1.29 is 28.9 Å². The summed E-state index contributed by atoms with van der Waals surface area (Å²) in [5, 5.41) is 7.00. The van der Waals surface area contributed by atoms with Crippen LogP contribution in [0, 0.1) is 0 Å². The molecule has 0 aromatic rings. The Morgan fingerprint density at radius 2 is 1.42 bits per heavy atom. The molecule has 0 bridgehead atoms. The summed E-state index contributed by atoms with van der Waals surface area (Å²) in [7, 11) is 5.59. The second-order valence-electron chi connectivity index (χ2n) is 4.35. The van der Waals surface area contributed by atoms with Crippen molar-refractivity contribution in [2.45, 2.75) is 26.7 Å². The SMILES string of the molecule is C=C(C)C(=O)CCCOC.C=C(C)C(=O)OC.CO.COCCN. The molecule has 0 aliphatic rings. The van der Waals surface area contributed by atoms with Crippen LogP contribution in [0.15, 0.2) is 24.3 Å². The van der Waals surface area contributed by atoms with Gasteiger partial charge in [-0.25, -0.2) is 4.79 Å². The van der Waals surface area contributed by atoms with Gasteiger partial charge in [0, 0.05) is 46.5 Å². The number of carbonyl (C=O) groups excluding carboxylic acids is 2. The number of aliphatic hydroxyl groups excluding tert-OH is 1. The van der Waals surface area contributed by atoms with Crippen molar-refractivity contribution in [3.8, 4) is 0 Å². The smallest absolute Gasteiger partial charge is 0.332 e. The summed E-state index contributed by atoms with van der Waals surface area (Å²) in [5.41, 5.74) is 6.08. The zero-order valence-electron chi connectivity index (χ0n) is 16.0. The van der Waals surface area contributed by atoms with E-state index >= 15 is 0 Å². The second kappa shape index (κ2) is 26.4. The van der Waals surface area contributed by atoms with Gasteiger partial charge in [0.15, 0.2) is 5.78 Å². The number of ether oxygens (including phenoxy) is 3. The number of esters is 1. The Hall–Kier alpha value is -1.54. The van der Waals surface area contributed by atoms with Gasteiger partial charge in [0.1, 0.15) is 0 Å². The first-order valence-corrected chi connectivity index (χ1v) is 7.33. The largest absolute Gasteiger partial charge is 0.466 e. The lowest BCUT2D eigenvalue weighted by Crippen LogP contribution is -2.05. The van der Waals surface area contributed by atoms with Gasteiger partial charge in [-0.05, 0) is 25.8 Å². The quantitative estimate of drug-likeness (QED) is 0.388. The summed E-state index contributed by atoms with van der Waals surface area (Å²) in [4.78, 5) is 21.1. The van der Waals surface area contributed by atoms with Crippen LogP contribution in [0.2, 0.25) is 0 Å². The van der Waals surface area contributed by atoms with Gasteiger partial charge in [-0.3, -0.25) is 4.79 Å². The first-order chi connectivity index (χ1) is 11.3. The van der Waals surface area contributed by atoms with Gasteiger partial charge in [0.05, 0.1) is 13.7 Å². The van der Waals surface area contributed by atoms with Crippen LogP contribution >= 0.6 is 0 Å². The molecular formula is C17H35NO6.